The van der Waals surface area contributed by atoms with E-state index in [0.29, 0.717) is 95.5 Å². The fourth-order valence-corrected chi connectivity index (χ4v) is 15.8. The average Bonchev–Trinajstić information content (AvgIpc) is 1.67. The van der Waals surface area contributed by atoms with Crippen molar-refractivity contribution in [3.05, 3.63) is 101 Å². The van der Waals surface area contributed by atoms with Gasteiger partial charge in [0.25, 0.3) is 0 Å². The summed E-state index contributed by atoms with van der Waals surface area (Å²) in [5.41, 5.74) is 18.7. The van der Waals surface area contributed by atoms with Crippen LogP contribution in [0.2, 0.25) is 0 Å². The summed E-state index contributed by atoms with van der Waals surface area (Å²) < 4.78 is 33.4. The molecule has 1 saturated heterocycles. The predicted octanol–water partition coefficient (Wildman–Crippen LogP) is 10.6. The molecule has 1 aromatic heterocycles. The molecule has 0 unspecified atom stereocenters. The van der Waals surface area contributed by atoms with Crippen LogP contribution >= 0.6 is 36.2 Å². The van der Waals surface area contributed by atoms with Crippen LogP contribution in [0.4, 0.5) is 15.3 Å². The number of nitrogens with two attached hydrogens (primary N) is 2. The minimum atomic E-state index is -0.924. The minimum Gasteiger partial charge on any atom is -0.676 e. The van der Waals surface area contributed by atoms with E-state index in [2.05, 4.69) is 49.4 Å². The van der Waals surface area contributed by atoms with Crippen LogP contribution in [0.15, 0.2) is 78.8 Å². The number of aliphatic carboxylic acids is 2. The maximum atomic E-state index is 14.9. The van der Waals surface area contributed by atoms with E-state index in [0.717, 1.165) is 55.8 Å². The monoisotopic (exact) mass is 2050 g/mol. The van der Waals surface area contributed by atoms with E-state index in [4.69, 9.17) is 55.8 Å². The number of urea groups is 1. The first-order chi connectivity index (χ1) is 63.9. The molecule has 2 heterocycles. The molecule has 2 aromatic carbocycles. The van der Waals surface area contributed by atoms with Crippen molar-refractivity contribution in [2.24, 2.45) is 52.9 Å². The molecule has 140 heavy (non-hydrogen) atoms. The molecule has 4 rings (SSSR count). The van der Waals surface area contributed by atoms with Crippen LogP contribution in [-0.2, 0) is 94.2 Å². The number of ketones is 3. The van der Waals surface area contributed by atoms with Gasteiger partial charge in [0, 0.05) is 160 Å². The normalized spacial score (nSPS) is 14.5. The van der Waals surface area contributed by atoms with Crippen molar-refractivity contribution < 1.29 is 131 Å². The van der Waals surface area contributed by atoms with E-state index in [1.54, 1.807) is 68.0 Å². The number of carboxylic acids is 2. The molecule has 796 valence electrons. The number of benzene rings is 2. The van der Waals surface area contributed by atoms with Gasteiger partial charge in [-0.25, -0.2) is 19.4 Å². The van der Waals surface area contributed by atoms with Crippen molar-refractivity contribution in [3.8, 4) is 0 Å². The van der Waals surface area contributed by atoms with Crippen LogP contribution in [-0.4, -0.2) is 322 Å². The Morgan fingerprint density at radius 1 is 0.636 bits per heavy atom. The maximum absolute atomic E-state index is 14.9. The van der Waals surface area contributed by atoms with Gasteiger partial charge in [-0.1, -0.05) is 118 Å². The number of anilines is 1. The number of Topliss-reactive ketones (excluding diaryl/α,β-unsaturated/α-hetero) is 3. The van der Waals surface area contributed by atoms with Gasteiger partial charge >= 0.3 is 71.5 Å². The van der Waals surface area contributed by atoms with Crippen molar-refractivity contribution in [2.75, 3.05) is 147 Å². The summed E-state index contributed by atoms with van der Waals surface area (Å²) in [5.74, 6) is -6.53. The van der Waals surface area contributed by atoms with E-state index in [1.165, 1.54) is 11.9 Å². The van der Waals surface area contributed by atoms with Crippen molar-refractivity contribution >= 4 is 119 Å². The van der Waals surface area contributed by atoms with Crippen LogP contribution < -0.4 is 57.0 Å². The third-order valence-corrected chi connectivity index (χ3v) is 23.9. The Labute approximate surface area is 874 Å². The number of carbonyl (C=O) groups is 13. The second-order valence-corrected chi connectivity index (χ2v) is 40.3. The van der Waals surface area contributed by atoms with Gasteiger partial charge in [0.1, 0.15) is 29.2 Å². The van der Waals surface area contributed by atoms with Crippen LogP contribution in [0, 0.1) is 41.4 Å². The molecule has 0 radical (unpaired) electrons. The van der Waals surface area contributed by atoms with Gasteiger partial charge in [-0.2, -0.15) is 0 Å². The quantitative estimate of drug-likeness (QED) is 0.00907. The third kappa shape index (κ3) is 60.2. The number of aromatic nitrogens is 1. The number of hydrogen-bond donors (Lipinski definition) is 7. The van der Waals surface area contributed by atoms with Crippen LogP contribution in [0.3, 0.4) is 0 Å². The van der Waals surface area contributed by atoms with Gasteiger partial charge in [-0.15, -0.1) is 42.7 Å². The Kier molecular flexibility index (Phi) is 72.7. The average molecular weight is 2050 g/mol. The summed E-state index contributed by atoms with van der Waals surface area (Å²) in [6.07, 6.45) is 5.51. The number of nitrogens with zero attached hydrogens (tertiary/aromatic N) is 8. The molecule has 3 aromatic rings. The molecule has 11 atom stereocenters. The Morgan fingerprint density at radius 3 is 1.54 bits per heavy atom. The summed E-state index contributed by atoms with van der Waals surface area (Å²) in [7, 11) is 15.9. The molecule has 1 fully saturated rings. The van der Waals surface area contributed by atoms with E-state index in [-0.39, 0.29) is 195 Å². The molecule has 39 heteroatoms. The Morgan fingerprint density at radius 2 is 1.14 bits per heavy atom. The topological polar surface area (TPSA) is 465 Å². The summed E-state index contributed by atoms with van der Waals surface area (Å²) in [6, 6.07) is 13.5. The van der Waals surface area contributed by atoms with Crippen molar-refractivity contribution in [1.82, 2.24) is 49.9 Å². The molecule has 1 aliphatic heterocycles. The molecule has 35 nitrogen and oxygen atoms in total. The zero-order valence-electron chi connectivity index (χ0n) is 89.4. The zero-order chi connectivity index (χ0) is 105. The number of ether oxygens (including phenoxy) is 6. The summed E-state index contributed by atoms with van der Waals surface area (Å²) in [5, 5.41) is 28.0. The SMILES string of the molecule is C=CC(=O)OC(C)(C)C.CC[C@H](C)[C@@H]([C@@H](CC(=O)N1CCC[C@H]1[C@H](OC)[C@@H](C)C(=O)C[C@@H](Cc1ccccc1)c1nccs1)OC)N(C)C(=O)[C@@H](CC(=O)[C@H](C(C)C)N(C)C(=O)OCc1ccc(NC(=O)[C@H](CCCNC(N)=O)CC(=O)[C@@H](N)C(C)C)cc1)C(C)C.CN(CCC(=O)O)CCN(C)CCC(=O)O.CN(CCC(=O)OC(C)(C)C)CCN(C)CCC(=O)OC(C)(C)C.CNCC[NH-].Cl.Cl.[Na+]. The van der Waals surface area contributed by atoms with E-state index in [9.17, 15) is 62.3 Å². The largest absolute Gasteiger partial charge is 1.00 e. The smallest absolute Gasteiger partial charge is 0.676 e. The molecule has 1 aliphatic rings. The van der Waals surface area contributed by atoms with E-state index in [1.807, 2.05) is 198 Å². The molecule has 0 spiro atoms. The molecule has 0 saturated carbocycles. The molecule has 6 amide bonds. The Bertz CT molecular complexity index is 4010. The Balaban J connectivity index is -0.00000130. The van der Waals surface area contributed by atoms with Gasteiger partial charge in [-0.05, 0) is 183 Å². The number of rotatable bonds is 56. The van der Waals surface area contributed by atoms with Gasteiger partial charge in [0.05, 0.1) is 73.5 Å². The first-order valence-corrected chi connectivity index (χ1v) is 48.8. The minimum absolute atomic E-state index is 0. The second-order valence-electron chi connectivity index (χ2n) is 39.4. The van der Waals surface area contributed by atoms with Crippen molar-refractivity contribution in [1.29, 1.82) is 0 Å². The molecule has 0 aliphatic carbocycles. The molecule has 0 bridgehead atoms. The van der Waals surface area contributed by atoms with Crippen molar-refractivity contribution in [2.45, 2.75) is 280 Å². The molecular formula is C101H175Cl2N14NaO21S. The number of amides is 6. The maximum Gasteiger partial charge on any atom is 1.00 e. The number of likely N-dealkylation sites (N-methyl/N-ethyl adjacent to an activating group) is 7. The number of carboxylic acid groups (broad SMARTS) is 2. The number of methoxy groups -OCH3 is 2. The molecule has 10 N–H and O–H groups in total. The number of carbonyl (C=O) groups excluding carboxylic acids is 11. The van der Waals surface area contributed by atoms with Gasteiger partial charge in [0.15, 0.2) is 11.6 Å². The summed E-state index contributed by atoms with van der Waals surface area (Å²) in [4.78, 5) is 181. The summed E-state index contributed by atoms with van der Waals surface area (Å²) in [6.45, 7) is 44.4. The number of esters is 3. The number of hydrogen-bond acceptors (Lipinski definition) is 27. The molecular weight excluding hydrogens is 1870 g/mol. The van der Waals surface area contributed by atoms with Gasteiger partial charge in [-0.3, -0.25) is 47.9 Å². The van der Waals surface area contributed by atoms with Crippen molar-refractivity contribution in [3.63, 3.8) is 0 Å². The number of halogens is 2. The zero-order valence-corrected chi connectivity index (χ0v) is 93.9. The number of thiazole rings is 1. The number of nitrogens with one attached hydrogen (secondary N) is 4. The predicted molar refractivity (Wildman–Crippen MR) is 552 cm³/mol. The standard InChI is InChI=1S/C63H96N8O11S.C18H36N2O4.C10H20N2O4.C7H12O2.C3H9N2.2ClH.Na/c1-14-41(8)57(53(80-12)36-54(75)71-30-19-23-49(71)58(81-13)42(9)50(72)34-46(60-66-29-31-83-60)32-43-20-16-15-17-21-43)69(10)61(77)48(38(2)3)35-52(74)56(40(6)7)70(11)63(79)82-37-44-24-26-47(27-25-44)68-59(76)45(22-18-28-67-62(65)78)33-51(73)55(64)39(4)5;1-17(2,3)23-15(21)9-11-19(7)13-14-20(8)12-10-16(22)24-18(4,5)6;1-11(5-3-9(13)14)7-8-12(2)6-4-10(15)16;1-5-6(8)9-7(2,3)4;1-5-3-2-4;;;/h15-17,20-21,24-27,29,31,38-42,45-46,48-49,53,55-58H,14,18-19,22-23,28,30,32-37,64H2,1-13H3,(H,68,76)(H3,65,67,78);9-14H2,1-8H3;3-8H2,1-2H3,(H,13,14)(H,15,16);5H,1H2,2-4H3;4-5H,2-3H2,1H3;2*1H;/q;;;;-1;;;+1/t41-,42-,45+,46+,48-,49-,53+,55-,56-,57-,58+;;;;;;;/m0......./s1. The third-order valence-electron chi connectivity index (χ3n) is 23.0. The van der Waals surface area contributed by atoms with E-state index < -0.39 is 89.0 Å². The number of likely N-dealkylation sites (tertiary alicyclic amines) is 1. The van der Waals surface area contributed by atoms with Gasteiger partial charge < -0.3 is 106 Å². The van der Waals surface area contributed by atoms with Crippen LogP contribution in [0.5, 0.6) is 0 Å². The van der Waals surface area contributed by atoms with Gasteiger partial charge in [0.2, 0.25) is 17.7 Å². The van der Waals surface area contributed by atoms with E-state index >= 15 is 0 Å². The first kappa shape index (κ1) is 139. The number of primary amides is 1. The van der Waals surface area contributed by atoms with Crippen LogP contribution in [0.1, 0.15) is 230 Å². The first-order valence-electron chi connectivity index (χ1n) is 47.9. The fourth-order valence-electron chi connectivity index (χ4n) is 15.0. The Hall–Kier alpha value is -7.66. The summed E-state index contributed by atoms with van der Waals surface area (Å²) >= 11 is 1.54. The second kappa shape index (κ2) is 73.4. The van der Waals surface area contributed by atoms with Crippen LogP contribution in [0.25, 0.3) is 5.73 Å². The fraction of sp³-hybridized carbons (Fsp3) is 0.703.